The molecule has 4 heteroatoms. The fourth-order valence-electron chi connectivity index (χ4n) is 11.4. The number of unbranched alkanes of at least 4 members (excludes halogenated alkanes) is 57. The zero-order valence-electron chi connectivity index (χ0n) is 51.6. The van der Waals surface area contributed by atoms with Gasteiger partial charge in [-0.2, -0.15) is 0 Å². The van der Waals surface area contributed by atoms with Gasteiger partial charge in [0.2, 0.25) is 5.91 Å². The summed E-state index contributed by atoms with van der Waals surface area (Å²) in [5.74, 6) is -0.0646. The van der Waals surface area contributed by atoms with Crippen LogP contribution in [-0.2, 0) is 4.79 Å². The molecule has 1 amide bonds. The number of hydrogen-bond acceptors (Lipinski definition) is 3. The van der Waals surface area contributed by atoms with Crippen LogP contribution in [0, 0.1) is 0 Å². The van der Waals surface area contributed by atoms with Crippen molar-refractivity contribution in [1.29, 1.82) is 0 Å². The topological polar surface area (TPSA) is 69.6 Å². The number of amides is 1. The molecule has 0 bridgehead atoms. The van der Waals surface area contributed by atoms with Gasteiger partial charge in [0.25, 0.3) is 0 Å². The first-order chi connectivity index (χ1) is 37.2. The van der Waals surface area contributed by atoms with Crippen LogP contribution in [0.15, 0.2) is 24.3 Å². The van der Waals surface area contributed by atoms with Crippen molar-refractivity contribution in [3.8, 4) is 0 Å². The number of hydrogen-bond donors (Lipinski definition) is 3. The summed E-state index contributed by atoms with van der Waals surface area (Å²) in [6.07, 6.45) is 91.4. The average Bonchev–Trinajstić information content (AvgIpc) is 3.41. The molecule has 3 N–H and O–H groups in total. The Labute approximate surface area is 472 Å². The van der Waals surface area contributed by atoms with Gasteiger partial charge in [-0.05, 0) is 32.1 Å². The Morgan fingerprint density at radius 1 is 0.307 bits per heavy atom. The molecule has 75 heavy (non-hydrogen) atoms. The minimum Gasteiger partial charge on any atom is -0.394 e. The first kappa shape index (κ1) is 73.9. The van der Waals surface area contributed by atoms with Crippen LogP contribution in [0.4, 0.5) is 0 Å². The molecular weight excluding hydrogens is 915 g/mol. The number of allylic oxidation sites excluding steroid dienone is 3. The predicted octanol–water partition coefficient (Wildman–Crippen LogP) is 23.8. The van der Waals surface area contributed by atoms with Gasteiger partial charge in [0.15, 0.2) is 0 Å². The van der Waals surface area contributed by atoms with E-state index >= 15 is 0 Å². The molecule has 2 unspecified atom stereocenters. The van der Waals surface area contributed by atoms with Gasteiger partial charge < -0.3 is 15.5 Å². The van der Waals surface area contributed by atoms with Gasteiger partial charge in [-0.3, -0.25) is 4.79 Å². The zero-order chi connectivity index (χ0) is 54.1. The molecule has 0 aliphatic heterocycles. The van der Waals surface area contributed by atoms with Crippen molar-refractivity contribution in [1.82, 2.24) is 5.32 Å². The standard InChI is InChI=1S/C71H139NO3/c1-3-5-7-9-11-13-15-17-19-21-23-25-27-28-29-30-31-32-33-34-35-36-37-38-39-40-41-42-43-44-45-47-49-51-53-55-57-59-61-63-65-67-71(75)72-69(68-73)70(74)66-64-62-60-58-56-54-52-50-48-46-26-24-22-20-18-16-14-12-10-8-6-4-2/h56,58,64,66,69-70,73-74H,3-55,57,59-63,65,67-68H2,1-2H3,(H,72,75)/b58-56+,66-64+. The SMILES string of the molecule is CCCCCCCCCCCCCCCCCC/C=C/CC/C=C/C(O)C(CO)NC(=O)CCCCCCCCCCCCCCCCCCCCCCCCCCCCCCCCCCCCCCCCCCC. The van der Waals surface area contributed by atoms with Crippen LogP contribution in [0.3, 0.4) is 0 Å². The largest absolute Gasteiger partial charge is 0.394 e. The summed E-state index contributed by atoms with van der Waals surface area (Å²) >= 11 is 0. The lowest BCUT2D eigenvalue weighted by molar-refractivity contribution is -0.123. The summed E-state index contributed by atoms with van der Waals surface area (Å²) in [6.45, 7) is 4.35. The van der Waals surface area contributed by atoms with Crippen LogP contribution >= 0.6 is 0 Å². The van der Waals surface area contributed by atoms with Gasteiger partial charge in [-0.25, -0.2) is 0 Å². The monoisotopic (exact) mass is 1050 g/mol. The molecule has 0 saturated heterocycles. The van der Waals surface area contributed by atoms with Gasteiger partial charge in [0.1, 0.15) is 0 Å². The average molecular weight is 1050 g/mol. The minimum absolute atomic E-state index is 0.0646. The second kappa shape index (κ2) is 67.1. The quantitative estimate of drug-likeness (QED) is 0.0420. The van der Waals surface area contributed by atoms with Crippen molar-refractivity contribution in [2.24, 2.45) is 0 Å². The number of carbonyl (C=O) groups is 1. The molecule has 446 valence electrons. The normalized spacial score (nSPS) is 12.7. The van der Waals surface area contributed by atoms with Crippen molar-refractivity contribution in [2.45, 2.75) is 418 Å². The summed E-state index contributed by atoms with van der Waals surface area (Å²) in [5.41, 5.74) is 0. The molecule has 2 atom stereocenters. The molecule has 0 spiro atoms. The molecule has 0 radical (unpaired) electrons. The molecule has 0 heterocycles. The van der Waals surface area contributed by atoms with Crippen LogP contribution in [0.1, 0.15) is 406 Å². The third-order valence-corrected chi connectivity index (χ3v) is 16.7. The molecule has 0 aromatic carbocycles. The summed E-state index contributed by atoms with van der Waals surface area (Å²) in [5, 5.41) is 23.2. The number of carbonyl (C=O) groups excluding carboxylic acids is 1. The summed E-state index contributed by atoms with van der Waals surface area (Å²) in [4.78, 5) is 12.5. The lowest BCUT2D eigenvalue weighted by Gasteiger charge is -2.19. The second-order valence-corrected chi connectivity index (χ2v) is 24.3. The molecule has 0 aromatic heterocycles. The van der Waals surface area contributed by atoms with Gasteiger partial charge in [0, 0.05) is 6.42 Å². The maximum absolute atomic E-state index is 12.5. The molecule has 0 aliphatic rings. The summed E-state index contributed by atoms with van der Waals surface area (Å²) in [6, 6.07) is -0.637. The van der Waals surface area contributed by atoms with Crippen molar-refractivity contribution < 1.29 is 15.0 Å². The number of rotatable bonds is 66. The second-order valence-electron chi connectivity index (χ2n) is 24.3. The van der Waals surface area contributed by atoms with E-state index in [4.69, 9.17) is 0 Å². The highest BCUT2D eigenvalue weighted by Crippen LogP contribution is 2.19. The van der Waals surface area contributed by atoms with Gasteiger partial charge in [-0.15, -0.1) is 0 Å². The van der Waals surface area contributed by atoms with Crippen molar-refractivity contribution >= 4 is 5.91 Å². The van der Waals surface area contributed by atoms with E-state index in [1.54, 1.807) is 6.08 Å². The van der Waals surface area contributed by atoms with Crippen LogP contribution in [-0.4, -0.2) is 34.9 Å². The van der Waals surface area contributed by atoms with Crippen molar-refractivity contribution in [3.63, 3.8) is 0 Å². The fraction of sp³-hybridized carbons (Fsp3) is 0.930. The van der Waals surface area contributed by atoms with Gasteiger partial charge in [-0.1, -0.05) is 391 Å². The van der Waals surface area contributed by atoms with Gasteiger partial charge in [0.05, 0.1) is 18.8 Å². The van der Waals surface area contributed by atoms with E-state index in [0.29, 0.717) is 6.42 Å². The van der Waals surface area contributed by atoms with E-state index in [2.05, 4.69) is 31.3 Å². The summed E-state index contributed by atoms with van der Waals surface area (Å²) < 4.78 is 0. The highest BCUT2D eigenvalue weighted by Gasteiger charge is 2.18. The lowest BCUT2D eigenvalue weighted by atomic mass is 10.0. The van der Waals surface area contributed by atoms with Crippen LogP contribution in [0.2, 0.25) is 0 Å². The smallest absolute Gasteiger partial charge is 0.220 e. The fourth-order valence-corrected chi connectivity index (χ4v) is 11.4. The lowest BCUT2D eigenvalue weighted by Crippen LogP contribution is -2.45. The molecule has 0 saturated carbocycles. The maximum Gasteiger partial charge on any atom is 0.220 e. The predicted molar refractivity (Wildman–Crippen MR) is 336 cm³/mol. The van der Waals surface area contributed by atoms with E-state index in [0.717, 1.165) is 32.1 Å². The highest BCUT2D eigenvalue weighted by atomic mass is 16.3. The Hall–Kier alpha value is -1.13. The number of aliphatic hydroxyl groups is 2. The first-order valence-corrected chi connectivity index (χ1v) is 35.1. The highest BCUT2D eigenvalue weighted by molar-refractivity contribution is 5.76. The van der Waals surface area contributed by atoms with Crippen LogP contribution in [0.25, 0.3) is 0 Å². The van der Waals surface area contributed by atoms with E-state index in [1.165, 1.54) is 353 Å². The Kier molecular flexibility index (Phi) is 66.1. The molecule has 0 fully saturated rings. The van der Waals surface area contributed by atoms with Gasteiger partial charge >= 0.3 is 0 Å². The number of nitrogens with one attached hydrogen (secondary N) is 1. The Morgan fingerprint density at radius 3 is 0.773 bits per heavy atom. The maximum atomic E-state index is 12.5. The zero-order valence-corrected chi connectivity index (χ0v) is 51.6. The molecule has 0 aromatic rings. The van der Waals surface area contributed by atoms with E-state index in [1.807, 2.05) is 6.08 Å². The third kappa shape index (κ3) is 63.6. The van der Waals surface area contributed by atoms with Crippen molar-refractivity contribution in [3.05, 3.63) is 24.3 Å². The molecule has 4 nitrogen and oxygen atoms in total. The summed E-state index contributed by atoms with van der Waals surface area (Å²) in [7, 11) is 0. The molecule has 0 rings (SSSR count). The van der Waals surface area contributed by atoms with Crippen molar-refractivity contribution in [2.75, 3.05) is 6.61 Å². The van der Waals surface area contributed by atoms with E-state index in [9.17, 15) is 15.0 Å². The Morgan fingerprint density at radius 2 is 0.520 bits per heavy atom. The molecular formula is C71H139NO3. The third-order valence-electron chi connectivity index (χ3n) is 16.7. The number of aliphatic hydroxyl groups excluding tert-OH is 2. The molecule has 0 aliphatic carbocycles. The van der Waals surface area contributed by atoms with E-state index < -0.39 is 12.1 Å². The first-order valence-electron chi connectivity index (χ1n) is 35.1. The minimum atomic E-state index is -0.861. The van der Waals surface area contributed by atoms with Crippen LogP contribution in [0.5, 0.6) is 0 Å². The Bertz CT molecular complexity index is 1100. The van der Waals surface area contributed by atoms with E-state index in [-0.39, 0.29) is 12.5 Å². The Balaban J connectivity index is 3.38. The van der Waals surface area contributed by atoms with Crippen LogP contribution < -0.4 is 5.32 Å².